The van der Waals surface area contributed by atoms with Crippen LogP contribution in [0.3, 0.4) is 0 Å². The maximum absolute atomic E-state index is 12.2. The highest BCUT2D eigenvalue weighted by molar-refractivity contribution is 14.0. The summed E-state index contributed by atoms with van der Waals surface area (Å²) in [5.41, 5.74) is 0.991. The van der Waals surface area contributed by atoms with E-state index in [1.807, 2.05) is 12.1 Å². The fourth-order valence-corrected chi connectivity index (χ4v) is 4.46. The van der Waals surface area contributed by atoms with E-state index in [-0.39, 0.29) is 35.4 Å². The summed E-state index contributed by atoms with van der Waals surface area (Å²) in [6.45, 7) is 2.10. The van der Waals surface area contributed by atoms with Crippen LogP contribution in [0.5, 0.6) is 0 Å². The van der Waals surface area contributed by atoms with Crippen LogP contribution in [-0.4, -0.2) is 48.2 Å². The molecule has 0 atom stereocenters. The molecule has 0 bridgehead atoms. The fraction of sp³-hybridized carbons (Fsp3) is 0.650. The molecule has 166 valence electrons. The van der Waals surface area contributed by atoms with Crippen molar-refractivity contribution in [2.45, 2.75) is 50.0 Å². The third-order valence-corrected chi connectivity index (χ3v) is 6.55. The third-order valence-electron chi connectivity index (χ3n) is 5.07. The van der Waals surface area contributed by atoms with Crippen LogP contribution in [0, 0.1) is 5.92 Å². The zero-order valence-corrected chi connectivity index (χ0v) is 20.6. The Balaban J connectivity index is 0.00000420. The van der Waals surface area contributed by atoms with E-state index in [1.165, 1.54) is 39.2 Å². The summed E-state index contributed by atoms with van der Waals surface area (Å²) >= 11 is 0. The molecule has 0 spiro atoms. The first-order chi connectivity index (χ1) is 13.5. The van der Waals surface area contributed by atoms with Gasteiger partial charge in [-0.25, -0.2) is 13.1 Å². The molecular weight excluding hydrogens is 503 g/mol. The molecule has 1 aromatic carbocycles. The Bertz CT molecular complexity index is 705. The molecule has 7 nitrogen and oxygen atoms in total. The molecule has 0 heterocycles. The molecule has 0 amide bonds. The number of methoxy groups -OCH3 is 1. The molecule has 1 aromatic rings. The van der Waals surface area contributed by atoms with Crippen LogP contribution < -0.4 is 15.4 Å². The first kappa shape index (κ1) is 26.1. The lowest BCUT2D eigenvalue weighted by molar-refractivity contribution is 0.204. The van der Waals surface area contributed by atoms with Gasteiger partial charge in [0.2, 0.25) is 10.0 Å². The average Bonchev–Trinajstić information content (AvgIpc) is 3.21. The second-order valence-corrected chi connectivity index (χ2v) is 8.95. The summed E-state index contributed by atoms with van der Waals surface area (Å²) in [6, 6.07) is 6.85. The van der Waals surface area contributed by atoms with Gasteiger partial charge in [0, 0.05) is 33.8 Å². The molecule has 2 rings (SSSR count). The SMILES string of the molecule is CN=C(NCCCC1CCCC1)NCc1ccc(S(=O)(=O)NCCOC)cc1.I. The molecule has 9 heteroatoms. The van der Waals surface area contributed by atoms with Crippen LogP contribution in [-0.2, 0) is 21.3 Å². The van der Waals surface area contributed by atoms with E-state index < -0.39 is 10.0 Å². The molecule has 1 aliphatic rings. The Hall–Kier alpha value is -0.910. The number of aliphatic imine (C=N–C) groups is 1. The predicted molar refractivity (Wildman–Crippen MR) is 128 cm³/mol. The van der Waals surface area contributed by atoms with Crippen LogP contribution in [0.2, 0.25) is 0 Å². The Morgan fingerprint density at radius 1 is 1.14 bits per heavy atom. The van der Waals surface area contributed by atoms with Crippen LogP contribution in [0.15, 0.2) is 34.2 Å². The van der Waals surface area contributed by atoms with Gasteiger partial charge in [0.05, 0.1) is 11.5 Å². The zero-order valence-electron chi connectivity index (χ0n) is 17.4. The Kier molecular flexibility index (Phi) is 12.8. The van der Waals surface area contributed by atoms with Gasteiger partial charge >= 0.3 is 0 Å². The topological polar surface area (TPSA) is 91.8 Å². The van der Waals surface area contributed by atoms with Crippen LogP contribution in [0.25, 0.3) is 0 Å². The number of hydrogen-bond donors (Lipinski definition) is 3. The predicted octanol–water partition coefficient (Wildman–Crippen LogP) is 2.86. The Morgan fingerprint density at radius 3 is 2.45 bits per heavy atom. The monoisotopic (exact) mass is 538 g/mol. The summed E-state index contributed by atoms with van der Waals surface area (Å²) < 4.78 is 31.7. The lowest BCUT2D eigenvalue weighted by Gasteiger charge is -2.13. The molecule has 29 heavy (non-hydrogen) atoms. The highest BCUT2D eigenvalue weighted by atomic mass is 127. The Morgan fingerprint density at radius 2 is 1.83 bits per heavy atom. The lowest BCUT2D eigenvalue weighted by Crippen LogP contribution is -2.37. The van der Waals surface area contributed by atoms with E-state index in [1.54, 1.807) is 19.2 Å². The number of sulfonamides is 1. The number of nitrogens with zero attached hydrogens (tertiary/aromatic N) is 1. The number of ether oxygens (including phenoxy) is 1. The number of rotatable bonds is 11. The van der Waals surface area contributed by atoms with E-state index in [0.717, 1.165) is 30.4 Å². The molecule has 0 unspecified atom stereocenters. The summed E-state index contributed by atoms with van der Waals surface area (Å²) in [4.78, 5) is 4.50. The van der Waals surface area contributed by atoms with Gasteiger partial charge in [-0.15, -0.1) is 24.0 Å². The summed E-state index contributed by atoms with van der Waals surface area (Å²) in [5.74, 6) is 1.68. The van der Waals surface area contributed by atoms with E-state index in [4.69, 9.17) is 4.74 Å². The first-order valence-corrected chi connectivity index (χ1v) is 11.6. The van der Waals surface area contributed by atoms with Crippen LogP contribution in [0.4, 0.5) is 0 Å². The standard InChI is InChI=1S/C20H34N4O3S.HI/c1-21-20(22-13-5-8-17-6-3-4-7-17)23-16-18-9-11-19(12-10-18)28(25,26)24-14-15-27-2;/h9-12,17,24H,3-8,13-16H2,1-2H3,(H2,21,22,23);1H. The number of halogens is 1. The quantitative estimate of drug-likeness (QED) is 0.175. The summed E-state index contributed by atoms with van der Waals surface area (Å²) in [5, 5.41) is 6.62. The van der Waals surface area contributed by atoms with Crippen molar-refractivity contribution in [2.24, 2.45) is 10.9 Å². The van der Waals surface area contributed by atoms with Crippen molar-refractivity contribution < 1.29 is 13.2 Å². The molecule has 0 saturated heterocycles. The maximum atomic E-state index is 12.2. The molecule has 3 N–H and O–H groups in total. The van der Waals surface area contributed by atoms with Crippen molar-refractivity contribution in [2.75, 3.05) is 33.9 Å². The van der Waals surface area contributed by atoms with Crippen molar-refractivity contribution in [3.63, 3.8) is 0 Å². The molecular formula is C20H35IN4O3S. The minimum atomic E-state index is -3.49. The van der Waals surface area contributed by atoms with Gasteiger partial charge in [0.15, 0.2) is 5.96 Å². The van der Waals surface area contributed by atoms with Crippen molar-refractivity contribution in [3.05, 3.63) is 29.8 Å². The largest absolute Gasteiger partial charge is 0.383 e. The van der Waals surface area contributed by atoms with Gasteiger partial charge in [-0.2, -0.15) is 0 Å². The minimum absolute atomic E-state index is 0. The molecule has 0 aliphatic heterocycles. The Labute approximate surface area is 192 Å². The maximum Gasteiger partial charge on any atom is 0.240 e. The third kappa shape index (κ3) is 9.63. The molecule has 0 aromatic heterocycles. The molecule has 1 fully saturated rings. The smallest absolute Gasteiger partial charge is 0.240 e. The average molecular weight is 538 g/mol. The molecule has 0 radical (unpaired) electrons. The van der Waals surface area contributed by atoms with Gasteiger partial charge < -0.3 is 15.4 Å². The number of benzene rings is 1. The van der Waals surface area contributed by atoms with Gasteiger partial charge in [-0.3, -0.25) is 4.99 Å². The van der Waals surface area contributed by atoms with E-state index in [2.05, 4.69) is 20.3 Å². The van der Waals surface area contributed by atoms with Crippen molar-refractivity contribution in [1.82, 2.24) is 15.4 Å². The van der Waals surface area contributed by atoms with Gasteiger partial charge in [0.25, 0.3) is 0 Å². The van der Waals surface area contributed by atoms with Gasteiger partial charge in [-0.05, 0) is 36.5 Å². The van der Waals surface area contributed by atoms with Crippen molar-refractivity contribution in [3.8, 4) is 0 Å². The highest BCUT2D eigenvalue weighted by Gasteiger charge is 2.14. The van der Waals surface area contributed by atoms with Crippen LogP contribution >= 0.6 is 24.0 Å². The van der Waals surface area contributed by atoms with Gasteiger partial charge in [-0.1, -0.05) is 37.8 Å². The number of hydrogen-bond acceptors (Lipinski definition) is 4. The number of nitrogens with one attached hydrogen (secondary N) is 3. The van der Waals surface area contributed by atoms with Crippen molar-refractivity contribution >= 4 is 40.0 Å². The first-order valence-electron chi connectivity index (χ1n) is 10.1. The minimum Gasteiger partial charge on any atom is -0.383 e. The van der Waals surface area contributed by atoms with E-state index >= 15 is 0 Å². The second-order valence-electron chi connectivity index (χ2n) is 7.18. The van der Waals surface area contributed by atoms with E-state index in [9.17, 15) is 8.42 Å². The molecule has 1 aliphatic carbocycles. The fourth-order valence-electron chi connectivity index (χ4n) is 3.45. The number of guanidine groups is 1. The second kappa shape index (κ2) is 14.2. The van der Waals surface area contributed by atoms with Crippen molar-refractivity contribution in [1.29, 1.82) is 0 Å². The zero-order chi connectivity index (χ0) is 20.2. The van der Waals surface area contributed by atoms with Crippen LogP contribution in [0.1, 0.15) is 44.1 Å². The van der Waals surface area contributed by atoms with E-state index in [0.29, 0.717) is 13.2 Å². The lowest BCUT2D eigenvalue weighted by atomic mass is 10.0. The highest BCUT2D eigenvalue weighted by Crippen LogP contribution is 2.28. The molecule has 1 saturated carbocycles. The summed E-state index contributed by atoms with van der Waals surface area (Å²) in [6.07, 6.45) is 8.02. The normalized spacial score (nSPS) is 15.2. The van der Waals surface area contributed by atoms with Gasteiger partial charge in [0.1, 0.15) is 0 Å². The summed E-state index contributed by atoms with van der Waals surface area (Å²) in [7, 11) is -0.200.